The Morgan fingerprint density at radius 1 is 1.03 bits per heavy atom. The van der Waals surface area contributed by atoms with Gasteiger partial charge in [-0.05, 0) is 30.2 Å². The molecule has 3 aromatic rings. The monoisotopic (exact) mass is 479 g/mol. The van der Waals surface area contributed by atoms with Crippen molar-refractivity contribution in [1.29, 1.82) is 0 Å². The fourth-order valence-electron chi connectivity index (χ4n) is 6.22. The van der Waals surface area contributed by atoms with Crippen molar-refractivity contribution >= 4 is 40.6 Å². The van der Waals surface area contributed by atoms with Crippen LogP contribution in [0.3, 0.4) is 0 Å². The predicted molar refractivity (Wildman–Crippen MR) is 134 cm³/mol. The topological polar surface area (TPSA) is 110 Å². The smallest absolute Gasteiger partial charge is 0.270 e. The highest BCUT2D eigenvalue weighted by Crippen LogP contribution is 2.57. The number of nitro benzene ring substituents is 1. The zero-order chi connectivity index (χ0) is 25.2. The SMILES string of the molecule is CC(=O)[C@@H]1[C@H](C(=O)c2cccc([N+](=O)[O-])c2)[C@]2(C(=O)Nc3ccccc32)[C@H]2C=Cc3ccccc3N12. The number of nitrogens with one attached hydrogen (secondary N) is 1. The van der Waals surface area contributed by atoms with Crippen LogP contribution in [0.4, 0.5) is 17.1 Å². The number of Topliss-reactive ketones (excluding diaryl/α,β-unsaturated/α-hetero) is 2. The van der Waals surface area contributed by atoms with E-state index in [1.54, 1.807) is 12.1 Å². The van der Waals surface area contributed by atoms with E-state index < -0.39 is 34.1 Å². The van der Waals surface area contributed by atoms with Crippen LogP contribution in [0.15, 0.2) is 78.9 Å². The van der Waals surface area contributed by atoms with Gasteiger partial charge in [0.2, 0.25) is 5.91 Å². The normalized spacial score (nSPS) is 25.2. The van der Waals surface area contributed by atoms with Crippen LogP contribution in [-0.4, -0.2) is 34.5 Å². The third-order valence-electron chi connectivity index (χ3n) is 7.58. The number of amides is 1. The summed E-state index contributed by atoms with van der Waals surface area (Å²) in [6.07, 6.45) is 3.81. The summed E-state index contributed by atoms with van der Waals surface area (Å²) in [5.41, 5.74) is 1.33. The summed E-state index contributed by atoms with van der Waals surface area (Å²) < 4.78 is 0. The Balaban J connectivity index is 1.65. The highest BCUT2D eigenvalue weighted by molar-refractivity contribution is 6.16. The molecule has 8 nitrogen and oxygen atoms in total. The molecule has 8 heteroatoms. The molecule has 178 valence electrons. The van der Waals surface area contributed by atoms with Crippen LogP contribution < -0.4 is 10.2 Å². The number of rotatable bonds is 4. The van der Waals surface area contributed by atoms with Gasteiger partial charge in [-0.3, -0.25) is 24.5 Å². The Hall–Kier alpha value is -4.59. The molecule has 36 heavy (non-hydrogen) atoms. The van der Waals surface area contributed by atoms with Crippen molar-refractivity contribution in [2.75, 3.05) is 10.2 Å². The second-order valence-corrected chi connectivity index (χ2v) is 9.34. The van der Waals surface area contributed by atoms with Crippen LogP contribution in [0.1, 0.15) is 28.4 Å². The molecule has 6 rings (SSSR count). The minimum absolute atomic E-state index is 0.0918. The predicted octanol–water partition coefficient (Wildman–Crippen LogP) is 4.16. The molecule has 3 heterocycles. The molecule has 0 unspecified atom stereocenters. The molecule has 1 spiro atoms. The van der Waals surface area contributed by atoms with Gasteiger partial charge in [0.25, 0.3) is 5.69 Å². The van der Waals surface area contributed by atoms with Gasteiger partial charge in [0.05, 0.1) is 22.9 Å². The molecule has 3 aliphatic rings. The number of carbonyl (C=O) groups excluding carboxylic acids is 3. The van der Waals surface area contributed by atoms with Gasteiger partial charge >= 0.3 is 0 Å². The molecule has 1 N–H and O–H groups in total. The van der Waals surface area contributed by atoms with Gasteiger partial charge in [0.1, 0.15) is 5.41 Å². The number of anilines is 2. The number of nitro groups is 1. The third-order valence-corrected chi connectivity index (χ3v) is 7.58. The van der Waals surface area contributed by atoms with E-state index in [0.29, 0.717) is 11.3 Å². The zero-order valence-electron chi connectivity index (χ0n) is 19.3. The minimum Gasteiger partial charge on any atom is -0.352 e. The van der Waals surface area contributed by atoms with Crippen molar-refractivity contribution in [3.63, 3.8) is 0 Å². The molecule has 3 aliphatic heterocycles. The van der Waals surface area contributed by atoms with Gasteiger partial charge in [0, 0.05) is 29.1 Å². The number of benzene rings is 3. The van der Waals surface area contributed by atoms with Crippen molar-refractivity contribution < 1.29 is 19.3 Å². The average molecular weight is 479 g/mol. The van der Waals surface area contributed by atoms with Gasteiger partial charge < -0.3 is 10.2 Å². The number of hydrogen-bond donors (Lipinski definition) is 1. The first-order chi connectivity index (χ1) is 17.4. The minimum atomic E-state index is -1.40. The second kappa shape index (κ2) is 7.71. The number of nitrogens with zero attached hydrogens (tertiary/aromatic N) is 2. The maximum atomic E-state index is 14.3. The van der Waals surface area contributed by atoms with Crippen molar-refractivity contribution in [2.24, 2.45) is 5.92 Å². The Morgan fingerprint density at radius 2 is 1.78 bits per heavy atom. The van der Waals surface area contributed by atoms with Gasteiger partial charge in [-0.15, -0.1) is 0 Å². The summed E-state index contributed by atoms with van der Waals surface area (Å²) in [6.45, 7) is 1.42. The van der Waals surface area contributed by atoms with Crippen LogP contribution in [0.25, 0.3) is 6.08 Å². The van der Waals surface area contributed by atoms with Gasteiger partial charge in [-0.1, -0.05) is 60.7 Å². The van der Waals surface area contributed by atoms with Gasteiger partial charge in [-0.2, -0.15) is 0 Å². The lowest BCUT2D eigenvalue weighted by Gasteiger charge is -2.37. The lowest BCUT2D eigenvalue weighted by atomic mass is 9.64. The first-order valence-corrected chi connectivity index (χ1v) is 11.6. The summed E-state index contributed by atoms with van der Waals surface area (Å²) in [4.78, 5) is 54.4. The highest BCUT2D eigenvalue weighted by atomic mass is 16.6. The van der Waals surface area contributed by atoms with E-state index in [-0.39, 0.29) is 22.9 Å². The summed E-state index contributed by atoms with van der Waals surface area (Å²) >= 11 is 0. The fraction of sp³-hybridized carbons (Fsp3) is 0.179. The Bertz CT molecular complexity index is 1510. The Kier molecular flexibility index (Phi) is 4.69. The Labute approximate surface area is 206 Å². The van der Waals surface area contributed by atoms with Crippen molar-refractivity contribution in [3.8, 4) is 0 Å². The van der Waals surface area contributed by atoms with Crippen LogP contribution in [-0.2, 0) is 15.0 Å². The summed E-state index contributed by atoms with van der Waals surface area (Å²) in [6, 6.07) is 18.7. The van der Waals surface area contributed by atoms with Crippen molar-refractivity contribution in [3.05, 3.63) is 106 Å². The number of non-ortho nitro benzene ring substituents is 1. The molecule has 0 bridgehead atoms. The maximum absolute atomic E-state index is 14.3. The summed E-state index contributed by atoms with van der Waals surface area (Å²) in [7, 11) is 0. The lowest BCUT2D eigenvalue weighted by molar-refractivity contribution is -0.384. The fourth-order valence-corrected chi connectivity index (χ4v) is 6.22. The van der Waals surface area contributed by atoms with Crippen molar-refractivity contribution in [1.82, 2.24) is 0 Å². The molecule has 3 aromatic carbocycles. The summed E-state index contributed by atoms with van der Waals surface area (Å²) in [5.74, 6) is -2.22. The molecule has 0 radical (unpaired) electrons. The molecule has 0 aliphatic carbocycles. The van der Waals surface area contributed by atoms with E-state index in [1.165, 1.54) is 31.2 Å². The molecule has 0 aromatic heterocycles. The van der Waals surface area contributed by atoms with E-state index in [0.717, 1.165) is 11.3 Å². The molecular weight excluding hydrogens is 458 g/mol. The quantitative estimate of drug-likeness (QED) is 0.342. The number of fused-ring (bicyclic) bond motifs is 6. The van der Waals surface area contributed by atoms with Crippen molar-refractivity contribution in [2.45, 2.75) is 24.4 Å². The molecule has 4 atom stereocenters. The Morgan fingerprint density at radius 3 is 2.56 bits per heavy atom. The standard InChI is InChI=1S/C28H21N3O5/c1-16(32)25-24(26(33)18-8-6-9-19(15-18)31(35)36)28(20-10-3-4-11-21(20)29-27(28)34)23-14-13-17-7-2-5-12-22(17)30(23)25/h2-15,23-25H,1H3,(H,29,34)/t23-,24-,25-,28-/m1/s1. The molecular formula is C28H21N3O5. The lowest BCUT2D eigenvalue weighted by Crippen LogP contribution is -2.51. The molecule has 1 fully saturated rings. The second-order valence-electron chi connectivity index (χ2n) is 9.34. The molecule has 1 amide bonds. The number of carbonyl (C=O) groups is 3. The average Bonchev–Trinajstić information content (AvgIpc) is 3.37. The highest BCUT2D eigenvalue weighted by Gasteiger charge is 2.69. The van der Waals surface area contributed by atoms with E-state index in [1.807, 2.05) is 53.5 Å². The molecule has 1 saturated heterocycles. The maximum Gasteiger partial charge on any atom is 0.270 e. The number of ketones is 2. The van der Waals surface area contributed by atoms with Crippen LogP contribution >= 0.6 is 0 Å². The van der Waals surface area contributed by atoms with Crippen LogP contribution in [0.5, 0.6) is 0 Å². The number of hydrogen-bond acceptors (Lipinski definition) is 6. The van der Waals surface area contributed by atoms with Gasteiger partial charge in [0.15, 0.2) is 11.6 Å². The largest absolute Gasteiger partial charge is 0.352 e. The van der Waals surface area contributed by atoms with Crippen LogP contribution in [0, 0.1) is 16.0 Å². The summed E-state index contributed by atoms with van der Waals surface area (Å²) in [5, 5.41) is 14.4. The third kappa shape index (κ3) is 2.78. The van der Waals surface area contributed by atoms with E-state index in [9.17, 15) is 24.5 Å². The van der Waals surface area contributed by atoms with Crippen LogP contribution in [0.2, 0.25) is 0 Å². The first kappa shape index (κ1) is 21.9. The zero-order valence-corrected chi connectivity index (χ0v) is 19.3. The van der Waals surface area contributed by atoms with Gasteiger partial charge in [-0.25, -0.2) is 0 Å². The molecule has 0 saturated carbocycles. The van der Waals surface area contributed by atoms with E-state index >= 15 is 0 Å². The van der Waals surface area contributed by atoms with E-state index in [2.05, 4.69) is 5.32 Å². The first-order valence-electron chi connectivity index (χ1n) is 11.6. The van der Waals surface area contributed by atoms with E-state index in [4.69, 9.17) is 0 Å². The number of para-hydroxylation sites is 2.